The van der Waals surface area contributed by atoms with E-state index >= 15 is 0 Å². The van der Waals surface area contributed by atoms with Crippen LogP contribution in [-0.4, -0.2) is 49.7 Å². The Hall–Kier alpha value is -0.320. The molecule has 1 atom stereocenters. The Morgan fingerprint density at radius 3 is 2.63 bits per heavy atom. The lowest BCUT2D eigenvalue weighted by Gasteiger charge is -2.28. The number of hydrogen-bond donors (Lipinski definition) is 1. The molecular weight excluding hydrogens is 264 g/mol. The Kier molecular flexibility index (Phi) is 7.73. The summed E-state index contributed by atoms with van der Waals surface area (Å²) in [5, 5.41) is 3.35. The standard InChI is InChI=1S/C14H26N2O2.ClH/c1-2-16(11-13-4-3-9-18-13)14(17)10-12-5-7-15-8-6-12;/h12-13,15H,2-11H2,1H3;1H. The van der Waals surface area contributed by atoms with Gasteiger partial charge in [0, 0.05) is 26.1 Å². The van der Waals surface area contributed by atoms with E-state index in [0.717, 1.165) is 64.9 Å². The lowest BCUT2D eigenvalue weighted by Crippen LogP contribution is -2.39. The minimum atomic E-state index is 0. The number of likely N-dealkylation sites (N-methyl/N-ethyl adjacent to an activating group) is 1. The molecule has 2 heterocycles. The van der Waals surface area contributed by atoms with Crippen molar-refractivity contribution in [1.82, 2.24) is 10.2 Å². The molecule has 0 saturated carbocycles. The first-order valence-corrected chi connectivity index (χ1v) is 7.39. The highest BCUT2D eigenvalue weighted by molar-refractivity contribution is 5.85. The summed E-state index contributed by atoms with van der Waals surface area (Å²) in [6, 6.07) is 0. The number of halogens is 1. The summed E-state index contributed by atoms with van der Waals surface area (Å²) >= 11 is 0. The van der Waals surface area contributed by atoms with Crippen molar-refractivity contribution in [1.29, 1.82) is 0 Å². The second-order valence-electron chi connectivity index (χ2n) is 5.46. The van der Waals surface area contributed by atoms with Gasteiger partial charge in [-0.15, -0.1) is 12.4 Å². The maximum atomic E-state index is 12.3. The fourth-order valence-corrected chi connectivity index (χ4v) is 2.90. The Labute approximate surface area is 122 Å². The average molecular weight is 291 g/mol. The predicted molar refractivity (Wildman–Crippen MR) is 78.7 cm³/mol. The number of rotatable bonds is 5. The molecule has 1 unspecified atom stereocenters. The van der Waals surface area contributed by atoms with Crippen molar-refractivity contribution in [3.8, 4) is 0 Å². The molecule has 4 nitrogen and oxygen atoms in total. The zero-order valence-corrected chi connectivity index (χ0v) is 12.7. The van der Waals surface area contributed by atoms with Crippen LogP contribution in [0.4, 0.5) is 0 Å². The van der Waals surface area contributed by atoms with Gasteiger partial charge in [-0.05, 0) is 51.6 Å². The number of nitrogens with zero attached hydrogens (tertiary/aromatic N) is 1. The van der Waals surface area contributed by atoms with Gasteiger partial charge in [0.05, 0.1) is 6.10 Å². The second-order valence-corrected chi connectivity index (χ2v) is 5.46. The van der Waals surface area contributed by atoms with Gasteiger partial charge >= 0.3 is 0 Å². The van der Waals surface area contributed by atoms with E-state index in [1.165, 1.54) is 0 Å². The number of hydrogen-bond acceptors (Lipinski definition) is 3. The van der Waals surface area contributed by atoms with Gasteiger partial charge in [-0.3, -0.25) is 4.79 Å². The van der Waals surface area contributed by atoms with Gasteiger partial charge in [-0.1, -0.05) is 0 Å². The Morgan fingerprint density at radius 1 is 1.32 bits per heavy atom. The largest absolute Gasteiger partial charge is 0.376 e. The smallest absolute Gasteiger partial charge is 0.222 e. The molecule has 2 saturated heterocycles. The lowest BCUT2D eigenvalue weighted by atomic mass is 9.94. The normalized spacial score (nSPS) is 23.9. The van der Waals surface area contributed by atoms with E-state index in [9.17, 15) is 4.79 Å². The third kappa shape index (κ3) is 5.28. The molecule has 1 amide bonds. The summed E-state index contributed by atoms with van der Waals surface area (Å²) in [5.41, 5.74) is 0. The summed E-state index contributed by atoms with van der Waals surface area (Å²) in [6.45, 7) is 6.66. The Morgan fingerprint density at radius 2 is 2.05 bits per heavy atom. The third-order valence-electron chi connectivity index (χ3n) is 4.10. The van der Waals surface area contributed by atoms with Gasteiger partial charge in [-0.25, -0.2) is 0 Å². The molecule has 0 bridgehead atoms. The predicted octanol–water partition coefficient (Wildman–Crippen LogP) is 1.83. The van der Waals surface area contributed by atoms with E-state index < -0.39 is 0 Å². The molecule has 0 aromatic heterocycles. The van der Waals surface area contributed by atoms with Crippen molar-refractivity contribution < 1.29 is 9.53 Å². The number of carbonyl (C=O) groups excluding carboxylic acids is 1. The number of piperidine rings is 1. The molecule has 2 fully saturated rings. The lowest BCUT2D eigenvalue weighted by molar-refractivity contribution is -0.133. The number of nitrogens with one attached hydrogen (secondary N) is 1. The minimum Gasteiger partial charge on any atom is -0.376 e. The van der Waals surface area contributed by atoms with Crippen molar-refractivity contribution in [2.75, 3.05) is 32.8 Å². The quantitative estimate of drug-likeness (QED) is 0.840. The van der Waals surface area contributed by atoms with E-state index in [4.69, 9.17) is 4.74 Å². The number of ether oxygens (including phenoxy) is 1. The van der Waals surface area contributed by atoms with Crippen LogP contribution in [0.15, 0.2) is 0 Å². The maximum absolute atomic E-state index is 12.3. The van der Waals surface area contributed by atoms with Gasteiger partial charge < -0.3 is 15.0 Å². The molecule has 0 aliphatic carbocycles. The maximum Gasteiger partial charge on any atom is 0.222 e. The van der Waals surface area contributed by atoms with Crippen LogP contribution in [0, 0.1) is 5.92 Å². The summed E-state index contributed by atoms with van der Waals surface area (Å²) in [7, 11) is 0. The molecule has 0 spiro atoms. The van der Waals surface area contributed by atoms with Crippen LogP contribution in [-0.2, 0) is 9.53 Å². The fraction of sp³-hybridized carbons (Fsp3) is 0.929. The van der Waals surface area contributed by atoms with Crippen LogP contribution in [0.3, 0.4) is 0 Å². The Bertz CT molecular complexity index is 264. The molecular formula is C14H27ClN2O2. The molecule has 1 N–H and O–H groups in total. The van der Waals surface area contributed by atoms with Gasteiger partial charge in [0.2, 0.25) is 5.91 Å². The van der Waals surface area contributed by atoms with E-state index in [-0.39, 0.29) is 18.5 Å². The van der Waals surface area contributed by atoms with Crippen molar-refractivity contribution in [3.63, 3.8) is 0 Å². The summed E-state index contributed by atoms with van der Waals surface area (Å²) in [5.74, 6) is 0.900. The van der Waals surface area contributed by atoms with Crippen LogP contribution < -0.4 is 5.32 Å². The van der Waals surface area contributed by atoms with E-state index in [1.54, 1.807) is 0 Å². The summed E-state index contributed by atoms with van der Waals surface area (Å²) < 4.78 is 5.62. The highest BCUT2D eigenvalue weighted by atomic mass is 35.5. The first-order valence-electron chi connectivity index (χ1n) is 7.39. The monoisotopic (exact) mass is 290 g/mol. The van der Waals surface area contributed by atoms with Gasteiger partial charge in [-0.2, -0.15) is 0 Å². The summed E-state index contributed by atoms with van der Waals surface area (Å²) in [6.07, 6.45) is 5.54. The first kappa shape index (κ1) is 16.7. The molecule has 0 aromatic rings. The van der Waals surface area contributed by atoms with Crippen molar-refractivity contribution >= 4 is 18.3 Å². The van der Waals surface area contributed by atoms with Crippen LogP contribution in [0.5, 0.6) is 0 Å². The molecule has 19 heavy (non-hydrogen) atoms. The molecule has 2 aliphatic rings. The van der Waals surface area contributed by atoms with Crippen molar-refractivity contribution in [2.24, 2.45) is 5.92 Å². The minimum absolute atomic E-state index is 0. The first-order chi connectivity index (χ1) is 8.79. The zero-order chi connectivity index (χ0) is 12.8. The average Bonchev–Trinajstić information content (AvgIpc) is 2.90. The van der Waals surface area contributed by atoms with Gasteiger partial charge in [0.25, 0.3) is 0 Å². The molecule has 5 heteroatoms. The Balaban J connectivity index is 0.00000180. The van der Waals surface area contributed by atoms with Crippen LogP contribution in [0.25, 0.3) is 0 Å². The van der Waals surface area contributed by atoms with Crippen molar-refractivity contribution in [3.05, 3.63) is 0 Å². The van der Waals surface area contributed by atoms with Crippen LogP contribution in [0.2, 0.25) is 0 Å². The fourth-order valence-electron chi connectivity index (χ4n) is 2.90. The van der Waals surface area contributed by atoms with E-state index in [1.807, 2.05) is 4.90 Å². The zero-order valence-electron chi connectivity index (χ0n) is 11.9. The van der Waals surface area contributed by atoms with Crippen molar-refractivity contribution in [2.45, 2.75) is 45.1 Å². The third-order valence-corrected chi connectivity index (χ3v) is 4.10. The SMILES string of the molecule is CCN(CC1CCCO1)C(=O)CC1CCNCC1.Cl. The molecule has 112 valence electrons. The summed E-state index contributed by atoms with van der Waals surface area (Å²) in [4.78, 5) is 14.3. The van der Waals surface area contributed by atoms with E-state index in [2.05, 4.69) is 12.2 Å². The van der Waals surface area contributed by atoms with Gasteiger partial charge in [0.1, 0.15) is 0 Å². The topological polar surface area (TPSA) is 41.6 Å². The van der Waals surface area contributed by atoms with Gasteiger partial charge in [0.15, 0.2) is 0 Å². The number of carbonyl (C=O) groups is 1. The van der Waals surface area contributed by atoms with Crippen LogP contribution in [0.1, 0.15) is 39.0 Å². The molecule has 0 radical (unpaired) electrons. The van der Waals surface area contributed by atoms with Crippen LogP contribution >= 0.6 is 12.4 Å². The van der Waals surface area contributed by atoms with E-state index in [0.29, 0.717) is 11.8 Å². The highest BCUT2D eigenvalue weighted by Crippen LogP contribution is 2.19. The molecule has 0 aromatic carbocycles. The highest BCUT2D eigenvalue weighted by Gasteiger charge is 2.24. The number of amides is 1. The second kappa shape index (κ2) is 8.77. The molecule has 2 rings (SSSR count). The molecule has 2 aliphatic heterocycles.